The number of carbonyl (C=O) groups excluding carboxylic acids is 3. The standard InChI is InChI=1S/C18H30N6O6/c1-8(2)13(19)17(28)22-9(3)15(26)23-12(5-11-6-20-7-21-11)16(27)24-14(10(4)25)18(29)30/h6-10,12-14,25H,5,19H2,1-4H3,(H,20,21)(H,22,28)(H,23,26)(H,24,27)(H,29,30). The Labute approximate surface area is 174 Å². The van der Waals surface area contributed by atoms with Gasteiger partial charge in [0.25, 0.3) is 0 Å². The molecule has 0 aliphatic heterocycles. The molecule has 1 aromatic rings. The summed E-state index contributed by atoms with van der Waals surface area (Å²) in [6, 6.07) is -4.53. The lowest BCUT2D eigenvalue weighted by atomic mass is 10.0. The fraction of sp³-hybridized carbons (Fsp3) is 0.611. The number of aromatic nitrogens is 2. The van der Waals surface area contributed by atoms with Crippen molar-refractivity contribution in [2.24, 2.45) is 11.7 Å². The normalized spacial score (nSPS) is 16.1. The minimum absolute atomic E-state index is 0.0180. The lowest BCUT2D eigenvalue weighted by Crippen LogP contribution is -2.58. The highest BCUT2D eigenvalue weighted by molar-refractivity contribution is 5.94. The number of H-pyrrole nitrogens is 1. The summed E-state index contributed by atoms with van der Waals surface area (Å²) in [7, 11) is 0. The van der Waals surface area contributed by atoms with E-state index in [2.05, 4.69) is 25.9 Å². The van der Waals surface area contributed by atoms with E-state index < -0.39 is 54.0 Å². The van der Waals surface area contributed by atoms with E-state index in [-0.39, 0.29) is 12.3 Å². The van der Waals surface area contributed by atoms with E-state index in [0.29, 0.717) is 5.69 Å². The Bertz CT molecular complexity index is 736. The van der Waals surface area contributed by atoms with E-state index in [1.165, 1.54) is 26.4 Å². The zero-order chi connectivity index (χ0) is 23.0. The molecular formula is C18H30N6O6. The molecule has 8 N–H and O–H groups in total. The van der Waals surface area contributed by atoms with Gasteiger partial charge in [0.15, 0.2) is 6.04 Å². The number of rotatable bonds is 11. The summed E-state index contributed by atoms with van der Waals surface area (Å²) in [5.74, 6) is -3.55. The molecule has 0 saturated carbocycles. The van der Waals surface area contributed by atoms with Crippen LogP contribution in [0.15, 0.2) is 12.5 Å². The van der Waals surface area contributed by atoms with Crippen molar-refractivity contribution in [2.45, 2.75) is 64.4 Å². The number of nitrogens with two attached hydrogens (primary N) is 1. The number of carbonyl (C=O) groups is 4. The van der Waals surface area contributed by atoms with Crippen LogP contribution >= 0.6 is 0 Å². The summed E-state index contributed by atoms with van der Waals surface area (Å²) in [5, 5.41) is 25.9. The van der Waals surface area contributed by atoms with Gasteiger partial charge >= 0.3 is 5.97 Å². The Morgan fingerprint density at radius 1 is 1.07 bits per heavy atom. The monoisotopic (exact) mass is 426 g/mol. The first-order valence-corrected chi connectivity index (χ1v) is 9.48. The quantitative estimate of drug-likeness (QED) is 0.208. The summed E-state index contributed by atoms with van der Waals surface area (Å²) >= 11 is 0. The van der Waals surface area contributed by atoms with Crippen molar-refractivity contribution >= 4 is 23.7 Å². The van der Waals surface area contributed by atoms with Crippen molar-refractivity contribution < 1.29 is 29.4 Å². The summed E-state index contributed by atoms with van der Waals surface area (Å²) in [5.41, 5.74) is 6.27. The smallest absolute Gasteiger partial charge is 0.328 e. The van der Waals surface area contributed by atoms with Crippen molar-refractivity contribution in [3.05, 3.63) is 18.2 Å². The number of aliphatic hydroxyl groups is 1. The average molecular weight is 426 g/mol. The summed E-state index contributed by atoms with van der Waals surface area (Å²) in [6.07, 6.45) is 1.46. The molecule has 0 aliphatic carbocycles. The summed E-state index contributed by atoms with van der Waals surface area (Å²) < 4.78 is 0. The van der Waals surface area contributed by atoms with E-state index in [4.69, 9.17) is 10.8 Å². The van der Waals surface area contributed by atoms with Crippen molar-refractivity contribution in [3.63, 3.8) is 0 Å². The van der Waals surface area contributed by atoms with Gasteiger partial charge in [-0.25, -0.2) is 9.78 Å². The number of aliphatic hydroxyl groups excluding tert-OH is 1. The first kappa shape index (κ1) is 25.0. The highest BCUT2D eigenvalue weighted by Gasteiger charge is 2.31. The summed E-state index contributed by atoms with van der Waals surface area (Å²) in [6.45, 7) is 6.18. The van der Waals surface area contributed by atoms with Gasteiger partial charge in [-0.3, -0.25) is 14.4 Å². The second kappa shape index (κ2) is 11.3. The fourth-order valence-electron chi connectivity index (χ4n) is 2.44. The molecule has 168 valence electrons. The Morgan fingerprint density at radius 2 is 1.70 bits per heavy atom. The van der Waals surface area contributed by atoms with Crippen LogP contribution in [0.25, 0.3) is 0 Å². The number of nitrogens with one attached hydrogen (secondary N) is 4. The van der Waals surface area contributed by atoms with Gasteiger partial charge in [-0.15, -0.1) is 0 Å². The zero-order valence-corrected chi connectivity index (χ0v) is 17.4. The average Bonchev–Trinajstić information content (AvgIpc) is 3.16. The number of hydrogen-bond acceptors (Lipinski definition) is 7. The predicted octanol–water partition coefficient (Wildman–Crippen LogP) is -2.12. The molecule has 0 radical (unpaired) electrons. The number of aliphatic carboxylic acids is 1. The molecule has 0 fully saturated rings. The number of aromatic amines is 1. The molecule has 1 heterocycles. The number of hydrogen-bond donors (Lipinski definition) is 7. The molecule has 5 unspecified atom stereocenters. The second-order valence-electron chi connectivity index (χ2n) is 7.41. The second-order valence-corrected chi connectivity index (χ2v) is 7.41. The molecule has 5 atom stereocenters. The SMILES string of the molecule is CC(NC(=O)C(N)C(C)C)C(=O)NC(Cc1cnc[nH]1)C(=O)NC(C(=O)O)C(C)O. The van der Waals surface area contributed by atoms with Crippen LogP contribution in [0, 0.1) is 5.92 Å². The third kappa shape index (κ3) is 7.44. The van der Waals surface area contributed by atoms with E-state index in [1.54, 1.807) is 13.8 Å². The van der Waals surface area contributed by atoms with E-state index >= 15 is 0 Å². The van der Waals surface area contributed by atoms with Gasteiger partial charge in [-0.1, -0.05) is 13.8 Å². The Hall–Kier alpha value is -2.99. The highest BCUT2D eigenvalue weighted by atomic mass is 16.4. The lowest BCUT2D eigenvalue weighted by molar-refractivity contribution is -0.145. The number of carboxylic acids is 1. The van der Waals surface area contributed by atoms with E-state index in [0.717, 1.165) is 0 Å². The topological polar surface area (TPSA) is 200 Å². The van der Waals surface area contributed by atoms with Crippen LogP contribution in [0.3, 0.4) is 0 Å². The Morgan fingerprint density at radius 3 is 2.17 bits per heavy atom. The van der Waals surface area contributed by atoms with Gasteiger partial charge < -0.3 is 36.9 Å². The molecule has 1 aromatic heterocycles. The largest absolute Gasteiger partial charge is 0.480 e. The molecule has 1 rings (SSSR count). The van der Waals surface area contributed by atoms with Gasteiger partial charge in [0.2, 0.25) is 17.7 Å². The van der Waals surface area contributed by atoms with Crippen LogP contribution in [0.4, 0.5) is 0 Å². The van der Waals surface area contributed by atoms with Crippen LogP contribution in [0.1, 0.15) is 33.4 Å². The van der Waals surface area contributed by atoms with Crippen LogP contribution in [0.5, 0.6) is 0 Å². The minimum Gasteiger partial charge on any atom is -0.480 e. The van der Waals surface area contributed by atoms with Crippen LogP contribution in [-0.2, 0) is 25.6 Å². The molecule has 0 saturated heterocycles. The number of amides is 3. The molecule has 0 aromatic carbocycles. The van der Waals surface area contributed by atoms with Crippen LogP contribution in [-0.4, -0.2) is 74.1 Å². The van der Waals surface area contributed by atoms with Crippen LogP contribution < -0.4 is 21.7 Å². The first-order valence-electron chi connectivity index (χ1n) is 9.48. The highest BCUT2D eigenvalue weighted by Crippen LogP contribution is 2.03. The maximum Gasteiger partial charge on any atom is 0.328 e. The fourth-order valence-corrected chi connectivity index (χ4v) is 2.44. The zero-order valence-electron chi connectivity index (χ0n) is 17.4. The number of imidazole rings is 1. The van der Waals surface area contributed by atoms with Gasteiger partial charge in [0.1, 0.15) is 12.1 Å². The molecule has 12 nitrogen and oxygen atoms in total. The number of nitrogens with zero attached hydrogens (tertiary/aromatic N) is 1. The van der Waals surface area contributed by atoms with Crippen molar-refractivity contribution in [1.29, 1.82) is 0 Å². The molecule has 12 heteroatoms. The van der Waals surface area contributed by atoms with Gasteiger partial charge in [-0.05, 0) is 19.8 Å². The van der Waals surface area contributed by atoms with Crippen molar-refractivity contribution in [1.82, 2.24) is 25.9 Å². The molecule has 0 spiro atoms. The maximum atomic E-state index is 12.6. The first-order chi connectivity index (χ1) is 13.9. The predicted molar refractivity (Wildman–Crippen MR) is 106 cm³/mol. The maximum absolute atomic E-state index is 12.6. The minimum atomic E-state index is -1.56. The molecule has 30 heavy (non-hydrogen) atoms. The van der Waals surface area contributed by atoms with Gasteiger partial charge in [0, 0.05) is 18.3 Å². The third-order valence-electron chi connectivity index (χ3n) is 4.43. The van der Waals surface area contributed by atoms with Crippen molar-refractivity contribution in [3.8, 4) is 0 Å². The van der Waals surface area contributed by atoms with Crippen molar-refractivity contribution in [2.75, 3.05) is 0 Å². The van der Waals surface area contributed by atoms with Gasteiger partial charge in [-0.2, -0.15) is 0 Å². The lowest BCUT2D eigenvalue weighted by Gasteiger charge is -2.24. The Kier molecular flexibility index (Phi) is 9.40. The summed E-state index contributed by atoms with van der Waals surface area (Å²) in [4.78, 5) is 55.1. The van der Waals surface area contributed by atoms with E-state index in [1.807, 2.05) is 0 Å². The number of carboxylic acid groups (broad SMARTS) is 1. The Balaban J connectivity index is 2.89. The molecule has 0 bridgehead atoms. The molecular weight excluding hydrogens is 396 g/mol. The molecule has 3 amide bonds. The van der Waals surface area contributed by atoms with Gasteiger partial charge in [0.05, 0.1) is 18.5 Å². The molecule has 0 aliphatic rings. The van der Waals surface area contributed by atoms with Crippen LogP contribution in [0.2, 0.25) is 0 Å². The van der Waals surface area contributed by atoms with E-state index in [9.17, 15) is 24.3 Å². The third-order valence-corrected chi connectivity index (χ3v) is 4.43.